The summed E-state index contributed by atoms with van der Waals surface area (Å²) in [6.07, 6.45) is 0. The highest BCUT2D eigenvalue weighted by Gasteiger charge is 2.10. The van der Waals surface area contributed by atoms with Crippen LogP contribution in [0.2, 0.25) is 0 Å². The zero-order valence-corrected chi connectivity index (χ0v) is 13.3. The SMILES string of the molecule is Cc1cccc(C(=O)Nc2nc(-c3ccc(C)s3)cs2)c1. The third-order valence-electron chi connectivity index (χ3n) is 3.00. The van der Waals surface area contributed by atoms with E-state index in [9.17, 15) is 4.79 Å². The third kappa shape index (κ3) is 3.20. The molecule has 0 atom stereocenters. The van der Waals surface area contributed by atoms with Crippen molar-refractivity contribution in [3.8, 4) is 10.6 Å². The predicted molar refractivity (Wildman–Crippen MR) is 89.3 cm³/mol. The number of hydrogen-bond acceptors (Lipinski definition) is 4. The number of rotatable bonds is 3. The van der Waals surface area contributed by atoms with Crippen LogP contribution in [0.5, 0.6) is 0 Å². The van der Waals surface area contributed by atoms with Crippen LogP contribution in [0, 0.1) is 13.8 Å². The molecular formula is C16H14N2OS2. The summed E-state index contributed by atoms with van der Waals surface area (Å²) in [5.74, 6) is -0.123. The molecule has 1 aromatic carbocycles. The molecule has 3 rings (SSSR count). The summed E-state index contributed by atoms with van der Waals surface area (Å²) >= 11 is 3.15. The van der Waals surface area contributed by atoms with Gasteiger partial charge in [0.15, 0.2) is 5.13 Å². The number of hydrogen-bond donors (Lipinski definition) is 1. The molecule has 0 aliphatic heterocycles. The van der Waals surface area contributed by atoms with Crippen molar-refractivity contribution >= 4 is 33.7 Å². The first-order chi connectivity index (χ1) is 10.1. The molecule has 1 N–H and O–H groups in total. The average molecular weight is 314 g/mol. The zero-order valence-electron chi connectivity index (χ0n) is 11.7. The van der Waals surface area contributed by atoms with Crippen LogP contribution in [0.1, 0.15) is 20.8 Å². The van der Waals surface area contributed by atoms with E-state index in [4.69, 9.17) is 0 Å². The van der Waals surface area contributed by atoms with Gasteiger partial charge >= 0.3 is 0 Å². The van der Waals surface area contributed by atoms with Crippen molar-refractivity contribution in [2.45, 2.75) is 13.8 Å². The first-order valence-electron chi connectivity index (χ1n) is 6.52. The van der Waals surface area contributed by atoms with Crippen molar-refractivity contribution < 1.29 is 4.79 Å². The van der Waals surface area contributed by atoms with Gasteiger partial charge in [0, 0.05) is 15.8 Å². The molecule has 106 valence electrons. The summed E-state index contributed by atoms with van der Waals surface area (Å²) in [6.45, 7) is 4.04. The number of carbonyl (C=O) groups excluding carboxylic acids is 1. The number of carbonyl (C=O) groups is 1. The van der Waals surface area contributed by atoms with Crippen LogP contribution in [0.15, 0.2) is 41.8 Å². The minimum atomic E-state index is -0.123. The number of thiophene rings is 1. The Hall–Kier alpha value is -1.98. The fraction of sp³-hybridized carbons (Fsp3) is 0.125. The van der Waals surface area contributed by atoms with E-state index in [0.29, 0.717) is 10.7 Å². The molecule has 2 heterocycles. The lowest BCUT2D eigenvalue weighted by atomic mass is 10.1. The lowest BCUT2D eigenvalue weighted by molar-refractivity contribution is 0.102. The highest BCUT2D eigenvalue weighted by Crippen LogP contribution is 2.30. The molecule has 3 nitrogen and oxygen atoms in total. The van der Waals surface area contributed by atoms with E-state index in [1.54, 1.807) is 17.4 Å². The van der Waals surface area contributed by atoms with Gasteiger partial charge in [0.1, 0.15) is 0 Å². The summed E-state index contributed by atoms with van der Waals surface area (Å²) in [7, 11) is 0. The second-order valence-electron chi connectivity index (χ2n) is 4.77. The van der Waals surface area contributed by atoms with Crippen LogP contribution in [0.3, 0.4) is 0 Å². The minimum absolute atomic E-state index is 0.123. The number of anilines is 1. The number of benzene rings is 1. The lowest BCUT2D eigenvalue weighted by Gasteiger charge is -2.02. The van der Waals surface area contributed by atoms with Crippen LogP contribution in [-0.4, -0.2) is 10.9 Å². The van der Waals surface area contributed by atoms with Crippen LogP contribution in [0.4, 0.5) is 5.13 Å². The van der Waals surface area contributed by atoms with Crippen molar-refractivity contribution in [1.82, 2.24) is 4.98 Å². The molecule has 0 aliphatic rings. The van der Waals surface area contributed by atoms with Crippen molar-refractivity contribution in [3.63, 3.8) is 0 Å². The third-order valence-corrected chi connectivity index (χ3v) is 4.78. The Morgan fingerprint density at radius 3 is 2.76 bits per heavy atom. The highest BCUT2D eigenvalue weighted by molar-refractivity contribution is 7.17. The summed E-state index contributed by atoms with van der Waals surface area (Å²) in [5.41, 5.74) is 2.63. The molecule has 0 bridgehead atoms. The molecule has 3 aromatic rings. The van der Waals surface area contributed by atoms with Crippen LogP contribution < -0.4 is 5.32 Å². The molecule has 21 heavy (non-hydrogen) atoms. The van der Waals surface area contributed by atoms with Gasteiger partial charge in [-0.2, -0.15) is 0 Å². The molecule has 2 aromatic heterocycles. The quantitative estimate of drug-likeness (QED) is 0.758. The topological polar surface area (TPSA) is 42.0 Å². The summed E-state index contributed by atoms with van der Waals surface area (Å²) < 4.78 is 0. The Morgan fingerprint density at radius 2 is 2.05 bits per heavy atom. The summed E-state index contributed by atoms with van der Waals surface area (Å²) in [4.78, 5) is 19.0. The van der Waals surface area contributed by atoms with Crippen molar-refractivity contribution in [1.29, 1.82) is 0 Å². The van der Waals surface area contributed by atoms with Gasteiger partial charge in [-0.3, -0.25) is 10.1 Å². The highest BCUT2D eigenvalue weighted by atomic mass is 32.1. The van der Waals surface area contributed by atoms with Gasteiger partial charge in [-0.1, -0.05) is 17.7 Å². The number of thiazole rings is 1. The van der Waals surface area contributed by atoms with Crippen LogP contribution >= 0.6 is 22.7 Å². The van der Waals surface area contributed by atoms with E-state index in [2.05, 4.69) is 29.4 Å². The standard InChI is InChI=1S/C16H14N2OS2/c1-10-4-3-5-12(8-10)15(19)18-16-17-13(9-20-16)14-7-6-11(2)21-14/h3-9H,1-2H3,(H,17,18,19). The van der Waals surface area contributed by atoms with E-state index in [0.717, 1.165) is 16.1 Å². The van der Waals surface area contributed by atoms with E-state index < -0.39 is 0 Å². The summed E-state index contributed by atoms with van der Waals surface area (Å²) in [6, 6.07) is 11.7. The average Bonchev–Trinajstić information content (AvgIpc) is 3.07. The Balaban J connectivity index is 1.77. The van der Waals surface area contributed by atoms with E-state index in [1.165, 1.54) is 16.2 Å². The Labute approximate surface area is 131 Å². The molecule has 0 saturated carbocycles. The fourth-order valence-corrected chi connectivity index (χ4v) is 3.58. The normalized spacial score (nSPS) is 10.6. The molecule has 0 aliphatic carbocycles. The first kappa shape index (κ1) is 14.0. The minimum Gasteiger partial charge on any atom is -0.298 e. The zero-order chi connectivity index (χ0) is 14.8. The second-order valence-corrected chi connectivity index (χ2v) is 6.92. The number of aryl methyl sites for hydroxylation is 2. The van der Waals surface area contributed by atoms with Gasteiger partial charge in [0.2, 0.25) is 0 Å². The number of nitrogens with one attached hydrogen (secondary N) is 1. The maximum Gasteiger partial charge on any atom is 0.257 e. The largest absolute Gasteiger partial charge is 0.298 e. The Bertz CT molecular complexity index is 789. The molecule has 5 heteroatoms. The van der Waals surface area contributed by atoms with Crippen molar-refractivity contribution in [3.05, 3.63) is 57.8 Å². The van der Waals surface area contributed by atoms with Crippen molar-refractivity contribution in [2.75, 3.05) is 5.32 Å². The molecule has 0 unspecified atom stereocenters. The molecule has 0 radical (unpaired) electrons. The van der Waals surface area contributed by atoms with E-state index in [1.807, 2.05) is 30.5 Å². The Kier molecular flexibility index (Phi) is 3.86. The van der Waals surface area contributed by atoms with Crippen molar-refractivity contribution in [2.24, 2.45) is 0 Å². The fourth-order valence-electron chi connectivity index (χ4n) is 1.97. The predicted octanol–water partition coefficient (Wildman–Crippen LogP) is 4.74. The maximum atomic E-state index is 12.2. The number of nitrogens with zero attached hydrogens (tertiary/aromatic N) is 1. The molecular weight excluding hydrogens is 300 g/mol. The van der Waals surface area contributed by atoms with Gasteiger partial charge in [-0.15, -0.1) is 22.7 Å². The number of amides is 1. The molecule has 0 fully saturated rings. The first-order valence-corrected chi connectivity index (χ1v) is 8.22. The maximum absolute atomic E-state index is 12.2. The van der Waals surface area contributed by atoms with Gasteiger partial charge in [0.05, 0.1) is 10.6 Å². The Morgan fingerprint density at radius 1 is 1.19 bits per heavy atom. The lowest BCUT2D eigenvalue weighted by Crippen LogP contribution is -2.11. The van der Waals surface area contributed by atoms with E-state index >= 15 is 0 Å². The van der Waals surface area contributed by atoms with Crippen LogP contribution in [-0.2, 0) is 0 Å². The molecule has 0 spiro atoms. The van der Waals surface area contributed by atoms with Gasteiger partial charge < -0.3 is 0 Å². The van der Waals surface area contributed by atoms with Gasteiger partial charge in [-0.05, 0) is 38.1 Å². The van der Waals surface area contributed by atoms with E-state index in [-0.39, 0.29) is 5.91 Å². The van der Waals surface area contributed by atoms with Gasteiger partial charge in [0.25, 0.3) is 5.91 Å². The second kappa shape index (κ2) is 5.79. The number of aromatic nitrogens is 1. The van der Waals surface area contributed by atoms with Gasteiger partial charge in [-0.25, -0.2) is 4.98 Å². The van der Waals surface area contributed by atoms with Crippen LogP contribution in [0.25, 0.3) is 10.6 Å². The smallest absolute Gasteiger partial charge is 0.257 e. The monoisotopic (exact) mass is 314 g/mol. The molecule has 0 saturated heterocycles. The summed E-state index contributed by atoms with van der Waals surface area (Å²) in [5, 5.41) is 5.45. The molecule has 1 amide bonds.